The van der Waals surface area contributed by atoms with Crippen molar-refractivity contribution in [1.82, 2.24) is 0 Å². The van der Waals surface area contributed by atoms with Gasteiger partial charge in [-0.05, 0) is 48.4 Å². The highest BCUT2D eigenvalue weighted by Gasteiger charge is 2.16. The minimum absolute atomic E-state index is 0.00656. The predicted molar refractivity (Wildman–Crippen MR) is 101 cm³/mol. The van der Waals surface area contributed by atoms with Gasteiger partial charge in [0, 0.05) is 11.1 Å². The first-order valence-electron chi connectivity index (χ1n) is 8.05. The van der Waals surface area contributed by atoms with Gasteiger partial charge >= 0.3 is 5.97 Å². The van der Waals surface area contributed by atoms with Crippen LogP contribution in [0.3, 0.4) is 0 Å². The molecule has 3 rings (SSSR count). The number of aryl methyl sites for hydroxylation is 1. The third-order valence-electron chi connectivity index (χ3n) is 4.09. The molecule has 0 amide bonds. The van der Waals surface area contributed by atoms with Gasteiger partial charge in [0.15, 0.2) is 16.9 Å². The molecule has 27 heavy (non-hydrogen) atoms. The molecule has 7 heteroatoms. The number of ether oxygens (including phenoxy) is 3. The lowest BCUT2D eigenvalue weighted by Gasteiger charge is -2.13. The fourth-order valence-electron chi connectivity index (χ4n) is 2.62. The zero-order chi connectivity index (χ0) is 19.6. The number of benzene rings is 2. The zero-order valence-electron chi connectivity index (χ0n) is 15.0. The van der Waals surface area contributed by atoms with E-state index in [-0.39, 0.29) is 23.4 Å². The number of carbonyl (C=O) groups is 1. The van der Waals surface area contributed by atoms with E-state index in [1.807, 2.05) is 6.92 Å². The molecule has 0 atom stereocenters. The Kier molecular flexibility index (Phi) is 5.37. The van der Waals surface area contributed by atoms with Crippen LogP contribution in [0, 0.1) is 6.92 Å². The molecule has 140 valence electrons. The first kappa shape index (κ1) is 18.8. The van der Waals surface area contributed by atoms with E-state index in [0.717, 1.165) is 17.2 Å². The summed E-state index contributed by atoms with van der Waals surface area (Å²) in [6.07, 6.45) is 0. The van der Waals surface area contributed by atoms with Crippen molar-refractivity contribution in [1.29, 1.82) is 0 Å². The molecule has 3 aromatic rings. The number of hydrogen-bond donors (Lipinski definition) is 0. The Morgan fingerprint density at radius 2 is 1.78 bits per heavy atom. The normalized spacial score (nSPS) is 10.7. The van der Waals surface area contributed by atoms with Crippen LogP contribution in [0.15, 0.2) is 45.6 Å². The number of fused-ring (bicyclic) bond motifs is 1. The molecular formula is C20H17ClO6. The molecule has 2 aromatic carbocycles. The third-order valence-corrected chi connectivity index (χ3v) is 4.33. The molecule has 0 fully saturated rings. The summed E-state index contributed by atoms with van der Waals surface area (Å²) in [5.41, 5.74) is 1.51. The number of esters is 1. The maximum absolute atomic E-state index is 12.3. The monoisotopic (exact) mass is 388 g/mol. The van der Waals surface area contributed by atoms with Crippen molar-refractivity contribution in [2.24, 2.45) is 0 Å². The van der Waals surface area contributed by atoms with Gasteiger partial charge in [0.05, 0.1) is 19.6 Å². The Bertz CT molecular complexity index is 1070. The highest BCUT2D eigenvalue weighted by Crippen LogP contribution is 2.30. The van der Waals surface area contributed by atoms with E-state index in [4.69, 9.17) is 30.2 Å². The summed E-state index contributed by atoms with van der Waals surface area (Å²) in [5.74, 6) is 0.207. The molecule has 0 aliphatic rings. The SMILES string of the molecule is COc1cc(C)c(COC(=O)c2cc(=O)c3cc(Cl)ccc3o2)cc1OC. The van der Waals surface area contributed by atoms with Crippen LogP contribution in [-0.4, -0.2) is 20.2 Å². The first-order valence-corrected chi connectivity index (χ1v) is 8.42. The van der Waals surface area contributed by atoms with Gasteiger partial charge in [-0.15, -0.1) is 0 Å². The summed E-state index contributed by atoms with van der Waals surface area (Å²) in [6, 6.07) is 9.23. The summed E-state index contributed by atoms with van der Waals surface area (Å²) in [5, 5.41) is 0.712. The van der Waals surface area contributed by atoms with E-state index < -0.39 is 5.97 Å². The van der Waals surface area contributed by atoms with Crippen LogP contribution in [0.5, 0.6) is 11.5 Å². The lowest BCUT2D eigenvalue weighted by atomic mass is 10.1. The summed E-state index contributed by atoms with van der Waals surface area (Å²) in [6.45, 7) is 1.86. The average Bonchev–Trinajstić information content (AvgIpc) is 2.66. The summed E-state index contributed by atoms with van der Waals surface area (Å²) in [4.78, 5) is 24.5. The zero-order valence-corrected chi connectivity index (χ0v) is 15.8. The second kappa shape index (κ2) is 7.72. The minimum atomic E-state index is -0.738. The molecule has 6 nitrogen and oxygen atoms in total. The number of methoxy groups -OCH3 is 2. The standard InChI is InChI=1S/C20H17ClO6/c1-11-6-17(24-2)18(25-3)7-12(11)10-26-20(23)19-9-15(22)14-8-13(21)4-5-16(14)27-19/h4-9H,10H2,1-3H3. The number of carbonyl (C=O) groups excluding carboxylic acids is 1. The lowest BCUT2D eigenvalue weighted by Crippen LogP contribution is -2.10. The molecule has 0 bridgehead atoms. The average molecular weight is 389 g/mol. The molecule has 1 heterocycles. The fourth-order valence-corrected chi connectivity index (χ4v) is 2.79. The van der Waals surface area contributed by atoms with Crippen molar-refractivity contribution in [3.63, 3.8) is 0 Å². The third kappa shape index (κ3) is 3.90. The Balaban J connectivity index is 1.83. The van der Waals surface area contributed by atoms with Crippen LogP contribution in [0.25, 0.3) is 11.0 Å². The van der Waals surface area contributed by atoms with Gasteiger partial charge < -0.3 is 18.6 Å². The Hall–Kier alpha value is -2.99. The molecule has 0 radical (unpaired) electrons. The van der Waals surface area contributed by atoms with E-state index in [1.54, 1.807) is 25.3 Å². The molecule has 0 spiro atoms. The molecule has 0 saturated heterocycles. The van der Waals surface area contributed by atoms with E-state index in [0.29, 0.717) is 21.9 Å². The van der Waals surface area contributed by atoms with E-state index in [1.165, 1.54) is 19.2 Å². The molecule has 0 unspecified atom stereocenters. The predicted octanol–water partition coefficient (Wildman–Crippen LogP) is 4.13. The molecule has 0 N–H and O–H groups in total. The van der Waals surface area contributed by atoms with Gasteiger partial charge in [-0.3, -0.25) is 4.79 Å². The molecule has 0 aliphatic heterocycles. The quantitative estimate of drug-likeness (QED) is 0.612. The van der Waals surface area contributed by atoms with E-state index >= 15 is 0 Å². The van der Waals surface area contributed by atoms with Crippen LogP contribution < -0.4 is 14.9 Å². The summed E-state index contributed by atoms with van der Waals surface area (Å²) in [7, 11) is 3.07. The fraction of sp³-hybridized carbons (Fsp3) is 0.200. The smallest absolute Gasteiger partial charge is 0.374 e. The summed E-state index contributed by atoms with van der Waals surface area (Å²) >= 11 is 5.88. The molecule has 0 saturated carbocycles. The Morgan fingerprint density at radius 3 is 2.48 bits per heavy atom. The van der Waals surface area contributed by atoms with Crippen molar-refractivity contribution in [3.8, 4) is 11.5 Å². The van der Waals surface area contributed by atoms with Gasteiger partial charge in [0.25, 0.3) is 0 Å². The maximum Gasteiger partial charge on any atom is 0.374 e. The van der Waals surface area contributed by atoms with E-state index in [9.17, 15) is 9.59 Å². The van der Waals surface area contributed by atoms with Gasteiger partial charge in [-0.2, -0.15) is 0 Å². The number of halogens is 1. The van der Waals surface area contributed by atoms with Crippen molar-refractivity contribution in [3.05, 3.63) is 68.5 Å². The lowest BCUT2D eigenvalue weighted by molar-refractivity contribution is 0.0436. The minimum Gasteiger partial charge on any atom is -0.493 e. The Labute approximate surface area is 160 Å². The Morgan fingerprint density at radius 1 is 1.07 bits per heavy atom. The highest BCUT2D eigenvalue weighted by atomic mass is 35.5. The van der Waals surface area contributed by atoms with Crippen molar-refractivity contribution < 1.29 is 23.4 Å². The van der Waals surface area contributed by atoms with Crippen LogP contribution in [0.2, 0.25) is 5.02 Å². The number of hydrogen-bond acceptors (Lipinski definition) is 6. The first-order chi connectivity index (χ1) is 12.9. The van der Waals surface area contributed by atoms with Crippen molar-refractivity contribution in [2.75, 3.05) is 14.2 Å². The topological polar surface area (TPSA) is 75.0 Å². The van der Waals surface area contributed by atoms with E-state index in [2.05, 4.69) is 0 Å². The van der Waals surface area contributed by atoms with Crippen LogP contribution >= 0.6 is 11.6 Å². The molecule has 0 aliphatic carbocycles. The maximum atomic E-state index is 12.3. The van der Waals surface area contributed by atoms with Crippen molar-refractivity contribution in [2.45, 2.75) is 13.5 Å². The van der Waals surface area contributed by atoms with Crippen molar-refractivity contribution >= 4 is 28.5 Å². The number of rotatable bonds is 5. The van der Waals surface area contributed by atoms with Crippen LogP contribution in [-0.2, 0) is 11.3 Å². The van der Waals surface area contributed by atoms with Gasteiger partial charge in [-0.25, -0.2) is 4.79 Å². The van der Waals surface area contributed by atoms with Gasteiger partial charge in [0.2, 0.25) is 5.76 Å². The van der Waals surface area contributed by atoms with Crippen LogP contribution in [0.4, 0.5) is 0 Å². The van der Waals surface area contributed by atoms with Gasteiger partial charge in [-0.1, -0.05) is 11.6 Å². The molecular weight excluding hydrogens is 372 g/mol. The van der Waals surface area contributed by atoms with Gasteiger partial charge in [0.1, 0.15) is 12.2 Å². The second-order valence-electron chi connectivity index (χ2n) is 5.83. The highest BCUT2D eigenvalue weighted by molar-refractivity contribution is 6.31. The second-order valence-corrected chi connectivity index (χ2v) is 6.26. The largest absolute Gasteiger partial charge is 0.493 e. The summed E-state index contributed by atoms with van der Waals surface area (Å²) < 4.78 is 21.3. The van der Waals surface area contributed by atoms with Crippen LogP contribution in [0.1, 0.15) is 21.7 Å². The molecule has 1 aromatic heterocycles.